The van der Waals surface area contributed by atoms with E-state index in [1.165, 1.54) is 0 Å². The number of Topliss-reactive ketones (excluding diaryl/α,β-unsaturated/α-hetero) is 2. The molecule has 0 aliphatic heterocycles. The number of hydrogen-bond acceptors (Lipinski definition) is 2. The van der Waals surface area contributed by atoms with Gasteiger partial charge in [0.25, 0.3) is 0 Å². The van der Waals surface area contributed by atoms with Crippen molar-refractivity contribution in [2.75, 3.05) is 10.7 Å². The Hall–Kier alpha value is 0.300. The molecule has 0 rings (SSSR count). The summed E-state index contributed by atoms with van der Waals surface area (Å²) in [5, 5.41) is 0.245. The smallest absolute Gasteiger partial charge is 0.209 e. The Balaban J connectivity index is 0. The number of alkyl halides is 2. The highest BCUT2D eigenvalue weighted by molar-refractivity contribution is 9.09. The zero-order valence-corrected chi connectivity index (χ0v) is 9.16. The van der Waals surface area contributed by atoms with Crippen molar-refractivity contribution in [2.24, 2.45) is 0 Å². The monoisotopic (exact) mass is 272 g/mol. The molecule has 10 heavy (non-hydrogen) atoms. The molecule has 0 fully saturated rings. The molecule has 0 saturated heterocycles. The first-order valence-corrected chi connectivity index (χ1v) is 5.14. The summed E-state index contributed by atoms with van der Waals surface area (Å²) in [6, 6.07) is 0. The summed E-state index contributed by atoms with van der Waals surface area (Å²) < 4.78 is 0. The van der Waals surface area contributed by atoms with E-state index in [9.17, 15) is 9.59 Å². The van der Waals surface area contributed by atoms with Gasteiger partial charge < -0.3 is 0 Å². The highest BCUT2D eigenvalue weighted by Gasteiger charge is 2.07. The Morgan fingerprint density at radius 2 is 1.20 bits per heavy atom. The van der Waals surface area contributed by atoms with Crippen molar-refractivity contribution < 1.29 is 9.59 Å². The van der Waals surface area contributed by atoms with Gasteiger partial charge in [0.2, 0.25) is 11.6 Å². The fourth-order valence-corrected chi connectivity index (χ4v) is 0.774. The van der Waals surface area contributed by atoms with Crippen LogP contribution < -0.4 is 0 Å². The van der Waals surface area contributed by atoms with Crippen LogP contribution in [0.3, 0.4) is 0 Å². The van der Waals surface area contributed by atoms with Gasteiger partial charge in [0, 0.05) is 0 Å². The van der Waals surface area contributed by atoms with E-state index in [-0.39, 0.29) is 22.2 Å². The van der Waals surface area contributed by atoms with E-state index in [1.807, 2.05) is 13.8 Å². The van der Waals surface area contributed by atoms with Gasteiger partial charge in [-0.3, -0.25) is 9.59 Å². The molecule has 0 aromatic heterocycles. The zero-order chi connectivity index (χ0) is 8.57. The predicted molar refractivity (Wildman–Crippen MR) is 49.0 cm³/mol. The normalized spacial score (nSPS) is 7.60. The van der Waals surface area contributed by atoms with Gasteiger partial charge in [-0.05, 0) is 0 Å². The van der Waals surface area contributed by atoms with Crippen LogP contribution in [0.25, 0.3) is 0 Å². The SMILES string of the molecule is CC.O=C(CBr)C(=O)CBr. The van der Waals surface area contributed by atoms with E-state index >= 15 is 0 Å². The van der Waals surface area contributed by atoms with Crippen LogP contribution in [-0.4, -0.2) is 22.2 Å². The zero-order valence-electron chi connectivity index (χ0n) is 5.99. The van der Waals surface area contributed by atoms with Crippen molar-refractivity contribution in [3.8, 4) is 0 Å². The number of halogens is 2. The van der Waals surface area contributed by atoms with Crippen LogP contribution in [0.15, 0.2) is 0 Å². The van der Waals surface area contributed by atoms with E-state index in [2.05, 4.69) is 31.9 Å². The van der Waals surface area contributed by atoms with E-state index in [0.29, 0.717) is 0 Å². The third-order valence-corrected chi connectivity index (χ3v) is 1.57. The first kappa shape index (κ1) is 12.9. The van der Waals surface area contributed by atoms with Gasteiger partial charge >= 0.3 is 0 Å². The summed E-state index contributed by atoms with van der Waals surface area (Å²) >= 11 is 5.73. The number of rotatable bonds is 3. The standard InChI is InChI=1S/C4H4Br2O2.C2H6/c5-1-3(7)4(8)2-6;1-2/h1-2H2;1-2H3. The summed E-state index contributed by atoms with van der Waals surface area (Å²) in [5.74, 6) is -0.774. The maximum atomic E-state index is 10.3. The van der Waals surface area contributed by atoms with E-state index in [4.69, 9.17) is 0 Å². The van der Waals surface area contributed by atoms with Crippen LogP contribution in [0.1, 0.15) is 13.8 Å². The maximum absolute atomic E-state index is 10.3. The average molecular weight is 274 g/mol. The summed E-state index contributed by atoms with van der Waals surface area (Å²) in [6.45, 7) is 4.00. The van der Waals surface area contributed by atoms with E-state index in [0.717, 1.165) is 0 Å². The first-order chi connectivity index (χ1) is 4.72. The Morgan fingerprint density at radius 1 is 1.00 bits per heavy atom. The molecule has 0 saturated carbocycles. The maximum Gasteiger partial charge on any atom is 0.209 e. The largest absolute Gasteiger partial charge is 0.290 e. The van der Waals surface area contributed by atoms with Gasteiger partial charge in [-0.1, -0.05) is 45.7 Å². The second kappa shape index (κ2) is 9.30. The Kier molecular flexibility index (Phi) is 12.0. The number of ketones is 2. The number of carbonyl (C=O) groups excluding carboxylic acids is 2. The molecule has 0 N–H and O–H groups in total. The highest BCUT2D eigenvalue weighted by atomic mass is 79.9. The molecule has 4 heteroatoms. The molecule has 0 heterocycles. The summed E-state index contributed by atoms with van der Waals surface area (Å²) in [4.78, 5) is 20.6. The van der Waals surface area contributed by atoms with Crippen molar-refractivity contribution in [3.63, 3.8) is 0 Å². The second-order valence-electron chi connectivity index (χ2n) is 1.11. The van der Waals surface area contributed by atoms with Crippen LogP contribution in [0, 0.1) is 0 Å². The van der Waals surface area contributed by atoms with Gasteiger partial charge in [-0.25, -0.2) is 0 Å². The number of hydrogen-bond donors (Lipinski definition) is 0. The van der Waals surface area contributed by atoms with Crippen molar-refractivity contribution >= 4 is 43.4 Å². The van der Waals surface area contributed by atoms with E-state index in [1.54, 1.807) is 0 Å². The molecular weight excluding hydrogens is 264 g/mol. The van der Waals surface area contributed by atoms with Crippen molar-refractivity contribution in [2.45, 2.75) is 13.8 Å². The third kappa shape index (κ3) is 6.42. The quantitative estimate of drug-likeness (QED) is 0.582. The molecule has 0 unspecified atom stereocenters. The van der Waals surface area contributed by atoms with Gasteiger partial charge in [-0.15, -0.1) is 0 Å². The van der Waals surface area contributed by atoms with Crippen molar-refractivity contribution in [1.29, 1.82) is 0 Å². The lowest BCUT2D eigenvalue weighted by Gasteiger charge is -1.85. The minimum absolute atomic E-state index is 0.122. The second-order valence-corrected chi connectivity index (χ2v) is 2.24. The fraction of sp³-hybridized carbons (Fsp3) is 0.667. The third-order valence-electron chi connectivity index (χ3n) is 0.554. The van der Waals surface area contributed by atoms with Gasteiger partial charge in [0.1, 0.15) is 0 Å². The fourth-order valence-electron chi connectivity index (χ4n) is 0.149. The molecule has 0 spiro atoms. The topological polar surface area (TPSA) is 34.1 Å². The molecular formula is C6H10Br2O2. The summed E-state index contributed by atoms with van der Waals surface area (Å²) in [7, 11) is 0. The van der Waals surface area contributed by atoms with Crippen LogP contribution in [0.4, 0.5) is 0 Å². The van der Waals surface area contributed by atoms with Crippen LogP contribution in [-0.2, 0) is 9.59 Å². The molecule has 2 nitrogen and oxygen atoms in total. The summed E-state index contributed by atoms with van der Waals surface area (Å²) in [5.41, 5.74) is 0. The molecule has 0 atom stereocenters. The van der Waals surface area contributed by atoms with Gasteiger partial charge in [0.05, 0.1) is 10.7 Å². The highest BCUT2D eigenvalue weighted by Crippen LogP contribution is 1.88. The average Bonchev–Trinajstić information content (AvgIpc) is 2.05. The van der Waals surface area contributed by atoms with Crippen molar-refractivity contribution in [3.05, 3.63) is 0 Å². The molecule has 0 aromatic rings. The Bertz CT molecular complexity index is 98.3. The molecule has 60 valence electrons. The summed E-state index contributed by atoms with van der Waals surface area (Å²) in [6.07, 6.45) is 0. The van der Waals surface area contributed by atoms with Crippen LogP contribution in [0.5, 0.6) is 0 Å². The molecule has 0 bridgehead atoms. The van der Waals surface area contributed by atoms with E-state index < -0.39 is 0 Å². The van der Waals surface area contributed by atoms with Crippen LogP contribution >= 0.6 is 31.9 Å². The lowest BCUT2D eigenvalue weighted by Crippen LogP contribution is -2.15. The Labute approximate surface area is 77.6 Å². The Morgan fingerprint density at radius 3 is 1.30 bits per heavy atom. The lowest BCUT2D eigenvalue weighted by atomic mass is 10.3. The molecule has 0 aliphatic carbocycles. The van der Waals surface area contributed by atoms with Gasteiger partial charge in [0.15, 0.2) is 0 Å². The lowest BCUT2D eigenvalue weighted by molar-refractivity contribution is -0.133. The van der Waals surface area contributed by atoms with Gasteiger partial charge in [-0.2, -0.15) is 0 Å². The molecule has 0 aromatic carbocycles. The molecule has 0 amide bonds. The van der Waals surface area contributed by atoms with Crippen LogP contribution in [0.2, 0.25) is 0 Å². The molecule has 0 radical (unpaired) electrons. The minimum Gasteiger partial charge on any atom is -0.290 e. The molecule has 0 aliphatic rings. The predicted octanol–water partition coefficient (Wildman–Crippen LogP) is 1.94. The van der Waals surface area contributed by atoms with Crippen molar-refractivity contribution in [1.82, 2.24) is 0 Å². The number of carbonyl (C=O) groups is 2. The first-order valence-electron chi connectivity index (χ1n) is 2.90. The minimum atomic E-state index is -0.387.